The highest BCUT2D eigenvalue weighted by atomic mass is 79.9. The Balaban J connectivity index is 1.50. The number of ether oxygens (including phenoxy) is 1. The molecule has 3 aromatic carbocycles. The number of benzene rings is 3. The van der Waals surface area contributed by atoms with Crippen molar-refractivity contribution in [3.05, 3.63) is 101 Å². The molecule has 1 heterocycles. The molecule has 1 amide bonds. The molecule has 0 radical (unpaired) electrons. The number of aryl methyl sites for hydroxylation is 1. The zero-order chi connectivity index (χ0) is 20.9. The predicted octanol–water partition coefficient (Wildman–Crippen LogP) is 6.26. The van der Waals surface area contributed by atoms with Gasteiger partial charge in [-0.1, -0.05) is 51.8 Å². The Morgan fingerprint density at radius 1 is 0.967 bits per heavy atom. The first-order valence-electron chi connectivity index (χ1n) is 9.32. The zero-order valence-electron chi connectivity index (χ0n) is 16.2. The Hall–Kier alpha value is -3.51. The van der Waals surface area contributed by atoms with Crippen LogP contribution in [-0.4, -0.2) is 15.9 Å². The van der Waals surface area contributed by atoms with Crippen molar-refractivity contribution in [2.24, 2.45) is 0 Å². The van der Waals surface area contributed by atoms with Crippen LogP contribution in [0.5, 0.6) is 11.6 Å². The summed E-state index contributed by atoms with van der Waals surface area (Å²) in [6.45, 7) is 2.03. The summed E-state index contributed by atoms with van der Waals surface area (Å²) in [4.78, 5) is 21.4. The van der Waals surface area contributed by atoms with Gasteiger partial charge in [0.2, 0.25) is 5.88 Å². The second-order valence-corrected chi connectivity index (χ2v) is 7.59. The van der Waals surface area contributed by atoms with Crippen molar-refractivity contribution < 1.29 is 9.53 Å². The number of nitrogens with one attached hydrogen (secondary N) is 1. The average molecular weight is 460 g/mol. The van der Waals surface area contributed by atoms with Crippen LogP contribution in [0.25, 0.3) is 11.4 Å². The van der Waals surface area contributed by atoms with Crippen molar-refractivity contribution in [1.82, 2.24) is 9.97 Å². The molecular weight excluding hydrogens is 442 g/mol. The van der Waals surface area contributed by atoms with Crippen LogP contribution in [0.15, 0.2) is 89.5 Å². The number of nitrogens with zero attached hydrogens (tertiary/aromatic N) is 2. The lowest BCUT2D eigenvalue weighted by molar-refractivity contribution is 0.102. The van der Waals surface area contributed by atoms with E-state index in [0.29, 0.717) is 28.7 Å². The summed E-state index contributed by atoms with van der Waals surface area (Å²) in [5.41, 5.74) is 3.29. The summed E-state index contributed by atoms with van der Waals surface area (Å²) in [5.74, 6) is 1.29. The summed E-state index contributed by atoms with van der Waals surface area (Å²) in [7, 11) is 0. The van der Waals surface area contributed by atoms with Crippen molar-refractivity contribution >= 4 is 27.5 Å². The third-order valence-electron chi connectivity index (χ3n) is 4.36. The lowest BCUT2D eigenvalue weighted by Gasteiger charge is -2.09. The first-order chi connectivity index (χ1) is 14.6. The van der Waals surface area contributed by atoms with Gasteiger partial charge >= 0.3 is 0 Å². The van der Waals surface area contributed by atoms with E-state index in [2.05, 4.69) is 31.2 Å². The molecule has 0 unspecified atom stereocenters. The van der Waals surface area contributed by atoms with Crippen molar-refractivity contribution in [2.75, 3.05) is 5.32 Å². The Labute approximate surface area is 182 Å². The number of anilines is 1. The summed E-state index contributed by atoms with van der Waals surface area (Å²) < 4.78 is 6.83. The maximum absolute atomic E-state index is 12.6. The standard InChI is InChI=1S/C24H18BrN3O2/c1-16-5-7-17(8-6-16)23-26-14-13-22(28-23)30-21-4-2-3-18(15-21)24(29)27-20-11-9-19(25)10-12-20/h2-15H,1H3,(H,27,29). The van der Waals surface area contributed by atoms with Crippen LogP contribution in [0.1, 0.15) is 15.9 Å². The van der Waals surface area contributed by atoms with Gasteiger partial charge in [0.1, 0.15) is 5.75 Å². The van der Waals surface area contributed by atoms with Gasteiger partial charge in [-0.25, -0.2) is 4.98 Å². The van der Waals surface area contributed by atoms with Crippen LogP contribution in [-0.2, 0) is 0 Å². The number of amides is 1. The Morgan fingerprint density at radius 3 is 2.50 bits per heavy atom. The van der Waals surface area contributed by atoms with E-state index >= 15 is 0 Å². The third kappa shape index (κ3) is 4.90. The van der Waals surface area contributed by atoms with Gasteiger partial charge in [0.25, 0.3) is 5.91 Å². The molecule has 0 atom stereocenters. The van der Waals surface area contributed by atoms with Crippen LogP contribution in [0.3, 0.4) is 0 Å². The zero-order valence-corrected chi connectivity index (χ0v) is 17.8. The largest absolute Gasteiger partial charge is 0.439 e. The van der Waals surface area contributed by atoms with Crippen LogP contribution < -0.4 is 10.1 Å². The van der Waals surface area contributed by atoms with Gasteiger partial charge in [0.05, 0.1) is 0 Å². The number of carbonyl (C=O) groups excluding carboxylic acids is 1. The minimum Gasteiger partial charge on any atom is -0.439 e. The minimum atomic E-state index is -0.217. The van der Waals surface area contributed by atoms with Gasteiger partial charge in [-0.15, -0.1) is 0 Å². The number of hydrogen-bond acceptors (Lipinski definition) is 4. The molecule has 0 aliphatic heterocycles. The number of carbonyl (C=O) groups is 1. The molecule has 6 heteroatoms. The van der Waals surface area contributed by atoms with E-state index in [1.165, 1.54) is 5.56 Å². The smallest absolute Gasteiger partial charge is 0.255 e. The molecule has 0 aliphatic rings. The number of rotatable bonds is 5. The van der Waals surface area contributed by atoms with E-state index in [-0.39, 0.29) is 5.91 Å². The fraction of sp³-hybridized carbons (Fsp3) is 0.0417. The maximum Gasteiger partial charge on any atom is 0.255 e. The predicted molar refractivity (Wildman–Crippen MR) is 121 cm³/mol. The average Bonchev–Trinajstić information content (AvgIpc) is 2.76. The monoisotopic (exact) mass is 459 g/mol. The lowest BCUT2D eigenvalue weighted by Crippen LogP contribution is -2.11. The Morgan fingerprint density at radius 2 is 1.73 bits per heavy atom. The highest BCUT2D eigenvalue weighted by Gasteiger charge is 2.09. The molecule has 0 saturated heterocycles. The second kappa shape index (κ2) is 8.88. The van der Waals surface area contributed by atoms with E-state index in [9.17, 15) is 4.79 Å². The normalized spacial score (nSPS) is 10.5. The topological polar surface area (TPSA) is 64.1 Å². The summed E-state index contributed by atoms with van der Waals surface area (Å²) in [6, 6.07) is 24.0. The fourth-order valence-corrected chi connectivity index (χ4v) is 3.06. The highest BCUT2D eigenvalue weighted by molar-refractivity contribution is 9.10. The van der Waals surface area contributed by atoms with Gasteiger partial charge in [-0.2, -0.15) is 4.98 Å². The second-order valence-electron chi connectivity index (χ2n) is 6.68. The number of aromatic nitrogens is 2. The van der Waals surface area contributed by atoms with Gasteiger partial charge in [0, 0.05) is 33.6 Å². The molecule has 4 rings (SSSR count). The maximum atomic E-state index is 12.6. The van der Waals surface area contributed by atoms with E-state index in [1.54, 1.807) is 36.5 Å². The first kappa shape index (κ1) is 19.8. The van der Waals surface area contributed by atoms with Gasteiger partial charge in [-0.05, 0) is 49.4 Å². The minimum absolute atomic E-state index is 0.217. The van der Waals surface area contributed by atoms with Crippen LogP contribution >= 0.6 is 15.9 Å². The van der Waals surface area contributed by atoms with Crippen LogP contribution in [0, 0.1) is 6.92 Å². The molecule has 4 aromatic rings. The molecule has 1 N–H and O–H groups in total. The molecule has 148 valence electrons. The SMILES string of the molecule is Cc1ccc(-c2nccc(Oc3cccc(C(=O)Nc4ccc(Br)cc4)c3)n2)cc1. The quantitative estimate of drug-likeness (QED) is 0.382. The molecule has 5 nitrogen and oxygen atoms in total. The summed E-state index contributed by atoms with van der Waals surface area (Å²) in [5, 5.41) is 2.87. The number of hydrogen-bond donors (Lipinski definition) is 1. The number of halogens is 1. The molecule has 0 saturated carbocycles. The lowest BCUT2D eigenvalue weighted by atomic mass is 10.1. The molecule has 1 aromatic heterocycles. The first-order valence-corrected chi connectivity index (χ1v) is 10.1. The van der Waals surface area contributed by atoms with E-state index in [4.69, 9.17) is 4.74 Å². The molecule has 30 heavy (non-hydrogen) atoms. The third-order valence-corrected chi connectivity index (χ3v) is 4.89. The van der Waals surface area contributed by atoms with E-state index < -0.39 is 0 Å². The van der Waals surface area contributed by atoms with Gasteiger partial charge < -0.3 is 10.1 Å². The molecule has 0 spiro atoms. The van der Waals surface area contributed by atoms with Gasteiger partial charge in [-0.3, -0.25) is 4.79 Å². The molecule has 0 bridgehead atoms. The van der Waals surface area contributed by atoms with Gasteiger partial charge in [0.15, 0.2) is 5.82 Å². The van der Waals surface area contributed by atoms with Crippen LogP contribution in [0.4, 0.5) is 5.69 Å². The van der Waals surface area contributed by atoms with E-state index in [0.717, 1.165) is 10.0 Å². The highest BCUT2D eigenvalue weighted by Crippen LogP contribution is 2.24. The summed E-state index contributed by atoms with van der Waals surface area (Å²) >= 11 is 3.38. The molecule has 0 fully saturated rings. The summed E-state index contributed by atoms with van der Waals surface area (Å²) in [6.07, 6.45) is 1.65. The fourth-order valence-electron chi connectivity index (χ4n) is 2.80. The van der Waals surface area contributed by atoms with E-state index in [1.807, 2.05) is 55.5 Å². The Kier molecular flexibility index (Phi) is 5.86. The van der Waals surface area contributed by atoms with Crippen molar-refractivity contribution in [3.63, 3.8) is 0 Å². The Bertz CT molecular complexity index is 1180. The van der Waals surface area contributed by atoms with Crippen molar-refractivity contribution in [3.8, 4) is 23.0 Å². The van der Waals surface area contributed by atoms with Crippen molar-refractivity contribution in [2.45, 2.75) is 6.92 Å². The van der Waals surface area contributed by atoms with Crippen LogP contribution in [0.2, 0.25) is 0 Å². The van der Waals surface area contributed by atoms with Crippen molar-refractivity contribution in [1.29, 1.82) is 0 Å². The molecular formula is C24H18BrN3O2. The molecule has 0 aliphatic carbocycles.